The minimum Gasteiger partial charge on any atom is -0.504 e. The first-order valence-corrected chi connectivity index (χ1v) is 17.8. The molecule has 15 nitrogen and oxygen atoms in total. The van der Waals surface area contributed by atoms with E-state index in [0.29, 0.717) is 16.7 Å². The number of nitrogens with zero attached hydrogens (tertiary/aromatic N) is 1. The van der Waals surface area contributed by atoms with Crippen LogP contribution in [0.2, 0.25) is 0 Å². The van der Waals surface area contributed by atoms with Crippen LogP contribution in [-0.2, 0) is 9.59 Å². The predicted octanol–water partition coefficient (Wildman–Crippen LogP) is 5.27. The molecule has 0 bridgehead atoms. The van der Waals surface area contributed by atoms with Gasteiger partial charge in [0.15, 0.2) is 11.5 Å². The number of aromatic carboxylic acids is 1. The molecule has 59 heavy (non-hydrogen) atoms. The first kappa shape index (κ1) is 41.7. The Hall–Kier alpha value is -8.43. The monoisotopic (exact) mass is 792 g/mol. The van der Waals surface area contributed by atoms with Gasteiger partial charge in [-0.25, -0.2) is 4.79 Å². The number of primary amides is 1. The fraction of sp³-hybridized carbons (Fsp3) is 0.114. The van der Waals surface area contributed by atoms with Crippen molar-refractivity contribution in [3.63, 3.8) is 0 Å². The zero-order valence-electron chi connectivity index (χ0n) is 31.5. The summed E-state index contributed by atoms with van der Waals surface area (Å²) in [6, 6.07) is 27.4. The molecule has 0 aromatic heterocycles. The number of phenols is 1. The maximum atomic E-state index is 13.3. The second kappa shape index (κ2) is 18.9. The number of carbonyl (C=O) groups is 6. The van der Waals surface area contributed by atoms with Crippen molar-refractivity contribution in [2.75, 3.05) is 16.0 Å². The second-order valence-electron chi connectivity index (χ2n) is 13.1. The summed E-state index contributed by atoms with van der Waals surface area (Å²) >= 11 is 0. The Labute approximate surface area is 337 Å². The summed E-state index contributed by atoms with van der Waals surface area (Å²) in [5.41, 5.74) is 7.96. The summed E-state index contributed by atoms with van der Waals surface area (Å²) in [5.74, 6) is 0.534. The van der Waals surface area contributed by atoms with Crippen LogP contribution in [0, 0.1) is 23.2 Å². The highest BCUT2D eigenvalue weighted by Gasteiger charge is 2.25. The molecule has 5 aromatic carbocycles. The van der Waals surface area contributed by atoms with E-state index in [-0.39, 0.29) is 45.1 Å². The van der Waals surface area contributed by atoms with Crippen molar-refractivity contribution in [3.05, 3.63) is 148 Å². The predicted molar refractivity (Wildman–Crippen MR) is 217 cm³/mol. The van der Waals surface area contributed by atoms with E-state index >= 15 is 0 Å². The highest BCUT2D eigenvalue weighted by Crippen LogP contribution is 2.39. The van der Waals surface area contributed by atoms with Gasteiger partial charge in [0.1, 0.15) is 6.04 Å². The Bertz CT molecular complexity index is 2520. The van der Waals surface area contributed by atoms with Crippen molar-refractivity contribution >= 4 is 52.6 Å². The standard InChI is InChI=1S/C44H36N6O9/c1-25(2)59-39-35(22-21-34(38(39)52)42(55)47-32-19-15-31(16-20-32)44(57)58)49-40(53)30-13-17-33(18-14-30)48-43(56)36(23-37(46)51)50-41(54)29-11-9-27(10-12-29)4-3-26-5-7-28(24-45)8-6-26/h5-22,25,36,52H,23H2,1-2H3,(H2,46,51)(H,47,55)(H,48,56)(H,49,53)(H,50,54)(H,57,58). The number of nitriles is 1. The highest BCUT2D eigenvalue weighted by atomic mass is 16.5. The summed E-state index contributed by atoms with van der Waals surface area (Å²) in [6.45, 7) is 3.37. The lowest BCUT2D eigenvalue weighted by molar-refractivity contribution is -0.123. The van der Waals surface area contributed by atoms with Crippen LogP contribution in [0.3, 0.4) is 0 Å². The van der Waals surface area contributed by atoms with Crippen LogP contribution in [0.15, 0.2) is 109 Å². The molecule has 5 rings (SSSR count). The van der Waals surface area contributed by atoms with Gasteiger partial charge in [0.25, 0.3) is 17.7 Å². The Morgan fingerprint density at radius 3 is 1.71 bits per heavy atom. The minimum absolute atomic E-state index is 0.0255. The number of nitrogens with two attached hydrogens (primary N) is 1. The van der Waals surface area contributed by atoms with Crippen LogP contribution < -0.4 is 31.7 Å². The smallest absolute Gasteiger partial charge is 0.335 e. The molecule has 8 N–H and O–H groups in total. The highest BCUT2D eigenvalue weighted by molar-refractivity contribution is 6.10. The number of hydrogen-bond acceptors (Lipinski definition) is 9. The number of aromatic hydroxyl groups is 1. The van der Waals surface area contributed by atoms with Gasteiger partial charge in [0.2, 0.25) is 11.8 Å². The molecular formula is C44H36N6O9. The first-order chi connectivity index (χ1) is 28.2. The lowest BCUT2D eigenvalue weighted by atomic mass is 10.1. The molecule has 5 amide bonds. The molecule has 0 aliphatic rings. The molecule has 0 heterocycles. The third kappa shape index (κ3) is 11.3. The lowest BCUT2D eigenvalue weighted by Gasteiger charge is -2.19. The Kier molecular flexibility index (Phi) is 13.4. The van der Waals surface area contributed by atoms with Crippen LogP contribution in [0.4, 0.5) is 17.1 Å². The van der Waals surface area contributed by atoms with Crippen LogP contribution in [0.1, 0.15) is 78.4 Å². The maximum Gasteiger partial charge on any atom is 0.335 e. The number of anilines is 3. The number of carboxylic acids is 1. The number of carbonyl (C=O) groups excluding carboxylic acids is 5. The summed E-state index contributed by atoms with van der Waals surface area (Å²) in [6.07, 6.45) is -0.975. The van der Waals surface area contributed by atoms with E-state index in [0.717, 1.165) is 0 Å². The molecule has 0 aliphatic carbocycles. The Balaban J connectivity index is 1.22. The maximum absolute atomic E-state index is 13.3. The van der Waals surface area contributed by atoms with Crippen LogP contribution in [0.5, 0.6) is 11.5 Å². The van der Waals surface area contributed by atoms with Gasteiger partial charge in [-0.15, -0.1) is 0 Å². The van der Waals surface area contributed by atoms with Gasteiger partial charge >= 0.3 is 5.97 Å². The largest absolute Gasteiger partial charge is 0.504 e. The molecule has 0 fully saturated rings. The van der Waals surface area contributed by atoms with E-state index in [9.17, 15) is 33.9 Å². The van der Waals surface area contributed by atoms with E-state index in [1.165, 1.54) is 72.8 Å². The van der Waals surface area contributed by atoms with Gasteiger partial charge in [-0.3, -0.25) is 24.0 Å². The van der Waals surface area contributed by atoms with Gasteiger partial charge in [0.05, 0.1) is 41.0 Å². The molecule has 15 heteroatoms. The van der Waals surface area contributed by atoms with E-state index < -0.39 is 59.8 Å². The fourth-order valence-corrected chi connectivity index (χ4v) is 5.36. The quantitative estimate of drug-likeness (QED) is 0.0761. The van der Waals surface area contributed by atoms with Crippen molar-refractivity contribution < 1.29 is 43.7 Å². The van der Waals surface area contributed by atoms with Crippen LogP contribution in [-0.4, -0.2) is 57.9 Å². The molecule has 1 atom stereocenters. The molecule has 296 valence electrons. The Morgan fingerprint density at radius 2 is 1.17 bits per heavy atom. The molecule has 0 spiro atoms. The number of rotatable bonds is 13. The van der Waals surface area contributed by atoms with Crippen molar-refractivity contribution in [3.8, 4) is 29.4 Å². The minimum atomic E-state index is -1.34. The molecule has 1 unspecified atom stereocenters. The number of amides is 5. The number of nitrogens with one attached hydrogen (secondary N) is 4. The Morgan fingerprint density at radius 1 is 0.661 bits per heavy atom. The fourth-order valence-electron chi connectivity index (χ4n) is 5.36. The average Bonchev–Trinajstić information content (AvgIpc) is 3.21. The van der Waals surface area contributed by atoms with Gasteiger partial charge in [-0.2, -0.15) is 5.26 Å². The number of phenolic OH excluding ortho intramolecular Hbond substituents is 1. The summed E-state index contributed by atoms with van der Waals surface area (Å²) in [5, 5.41) is 39.5. The van der Waals surface area contributed by atoms with E-state index in [1.807, 2.05) is 6.07 Å². The molecule has 0 saturated heterocycles. The van der Waals surface area contributed by atoms with Gasteiger partial charge < -0.3 is 42.0 Å². The van der Waals surface area contributed by atoms with Gasteiger partial charge in [-0.05, 0) is 123 Å². The first-order valence-electron chi connectivity index (χ1n) is 17.8. The summed E-state index contributed by atoms with van der Waals surface area (Å²) < 4.78 is 5.77. The zero-order valence-corrected chi connectivity index (χ0v) is 31.5. The van der Waals surface area contributed by atoms with Crippen molar-refractivity contribution in [1.29, 1.82) is 5.26 Å². The summed E-state index contributed by atoms with van der Waals surface area (Å²) in [4.78, 5) is 75.6. The molecule has 0 aliphatic heterocycles. The van der Waals surface area contributed by atoms with Gasteiger partial charge in [0, 0.05) is 33.6 Å². The van der Waals surface area contributed by atoms with Gasteiger partial charge in [-0.1, -0.05) is 11.8 Å². The lowest BCUT2D eigenvalue weighted by Crippen LogP contribution is -2.46. The van der Waals surface area contributed by atoms with Crippen molar-refractivity contribution in [2.24, 2.45) is 5.73 Å². The van der Waals surface area contributed by atoms with Crippen molar-refractivity contribution in [2.45, 2.75) is 32.4 Å². The van der Waals surface area contributed by atoms with Crippen LogP contribution in [0.25, 0.3) is 0 Å². The van der Waals surface area contributed by atoms with E-state index in [1.54, 1.807) is 50.2 Å². The number of benzene rings is 5. The molecule has 5 aromatic rings. The van der Waals surface area contributed by atoms with E-state index in [2.05, 4.69) is 33.1 Å². The SMILES string of the molecule is CC(C)Oc1c(NC(=O)c2ccc(NC(=O)C(CC(N)=O)NC(=O)c3ccc(C#Cc4ccc(C#N)cc4)cc3)cc2)ccc(C(=O)Nc2ccc(C(=O)O)cc2)c1O. The third-order valence-corrected chi connectivity index (χ3v) is 8.32. The topological polar surface area (TPSA) is 250 Å². The number of carboxylic acid groups (broad SMARTS) is 1. The molecular weight excluding hydrogens is 757 g/mol. The normalized spacial score (nSPS) is 10.8. The average molecular weight is 793 g/mol. The number of ether oxygens (including phenoxy) is 1. The summed E-state index contributed by atoms with van der Waals surface area (Å²) in [7, 11) is 0. The molecule has 0 radical (unpaired) electrons. The zero-order chi connectivity index (χ0) is 42.6. The third-order valence-electron chi connectivity index (χ3n) is 8.32. The van der Waals surface area contributed by atoms with Crippen LogP contribution >= 0.6 is 0 Å². The second-order valence-corrected chi connectivity index (χ2v) is 13.1. The molecule has 0 saturated carbocycles. The van der Waals surface area contributed by atoms with E-state index in [4.69, 9.17) is 20.8 Å². The van der Waals surface area contributed by atoms with Crippen molar-refractivity contribution in [1.82, 2.24) is 5.32 Å². The number of hydrogen-bond donors (Lipinski definition) is 7.